The van der Waals surface area contributed by atoms with Crippen molar-refractivity contribution in [1.29, 1.82) is 5.26 Å². The van der Waals surface area contributed by atoms with Gasteiger partial charge in [0.05, 0.1) is 6.07 Å². The highest BCUT2D eigenvalue weighted by Crippen LogP contribution is 2.14. The van der Waals surface area contributed by atoms with Gasteiger partial charge in [-0.1, -0.05) is 19.4 Å². The molecule has 1 atom stereocenters. The van der Waals surface area contributed by atoms with Crippen molar-refractivity contribution in [1.82, 2.24) is 4.90 Å². The van der Waals surface area contributed by atoms with Crippen LogP contribution in [0.1, 0.15) is 32.6 Å². The Hall–Kier alpha value is -0.810. The van der Waals surface area contributed by atoms with Crippen molar-refractivity contribution in [2.24, 2.45) is 0 Å². The van der Waals surface area contributed by atoms with Crippen molar-refractivity contribution in [3.05, 3.63) is 12.2 Å². The van der Waals surface area contributed by atoms with E-state index >= 15 is 0 Å². The molecular formula is C11H18N2. The third-order valence-corrected chi connectivity index (χ3v) is 2.67. The summed E-state index contributed by atoms with van der Waals surface area (Å²) in [4.78, 5) is 2.48. The van der Waals surface area contributed by atoms with E-state index in [-0.39, 0.29) is 0 Å². The number of nitriles is 1. The second-order valence-electron chi connectivity index (χ2n) is 3.56. The molecule has 0 aliphatic carbocycles. The molecule has 0 aromatic carbocycles. The van der Waals surface area contributed by atoms with Crippen molar-refractivity contribution in [2.45, 2.75) is 38.6 Å². The summed E-state index contributed by atoms with van der Waals surface area (Å²) in [7, 11) is 0. The van der Waals surface area contributed by atoms with Crippen molar-refractivity contribution in [3.63, 3.8) is 0 Å². The van der Waals surface area contributed by atoms with E-state index in [1.807, 2.05) is 6.08 Å². The molecule has 0 saturated carbocycles. The number of hydrogen-bond donors (Lipinski definition) is 0. The van der Waals surface area contributed by atoms with Gasteiger partial charge >= 0.3 is 0 Å². The summed E-state index contributed by atoms with van der Waals surface area (Å²) in [5.41, 5.74) is 0. The molecule has 0 N–H and O–H groups in total. The van der Waals surface area contributed by atoms with Crippen LogP contribution in [0.15, 0.2) is 12.2 Å². The van der Waals surface area contributed by atoms with Gasteiger partial charge in [-0.25, -0.2) is 0 Å². The first-order valence-corrected chi connectivity index (χ1v) is 5.18. The lowest BCUT2D eigenvalue weighted by Crippen LogP contribution is -2.37. The predicted octanol–water partition coefficient (Wildman–Crippen LogP) is 2.33. The Balaban J connectivity index is 2.44. The standard InChI is InChI=1S/C11H18N2/c1-2-11(7-6-8-12)13-9-4-3-5-10-13/h6-7,11H,2-5,9-10H2,1H3. The molecule has 1 aliphatic heterocycles. The third kappa shape index (κ3) is 3.20. The normalized spacial score (nSPS) is 21.5. The number of likely N-dealkylation sites (tertiary alicyclic amines) is 1. The average molecular weight is 178 g/mol. The summed E-state index contributed by atoms with van der Waals surface area (Å²) in [6.45, 7) is 4.59. The maximum absolute atomic E-state index is 8.45. The first kappa shape index (κ1) is 10.3. The zero-order valence-corrected chi connectivity index (χ0v) is 8.37. The second-order valence-corrected chi connectivity index (χ2v) is 3.56. The number of allylic oxidation sites excluding steroid dienone is 1. The van der Waals surface area contributed by atoms with Gasteiger partial charge in [0.2, 0.25) is 0 Å². The lowest BCUT2D eigenvalue weighted by atomic mass is 10.1. The summed E-state index contributed by atoms with van der Waals surface area (Å²) >= 11 is 0. The summed E-state index contributed by atoms with van der Waals surface area (Å²) < 4.78 is 0. The summed E-state index contributed by atoms with van der Waals surface area (Å²) in [6.07, 6.45) is 8.76. The Morgan fingerprint density at radius 2 is 2.08 bits per heavy atom. The van der Waals surface area contributed by atoms with Gasteiger partial charge in [-0.3, -0.25) is 4.90 Å². The van der Waals surface area contributed by atoms with E-state index in [2.05, 4.69) is 17.9 Å². The van der Waals surface area contributed by atoms with Crippen LogP contribution < -0.4 is 0 Å². The first-order chi connectivity index (χ1) is 6.38. The molecule has 0 spiro atoms. The number of rotatable bonds is 3. The van der Waals surface area contributed by atoms with Gasteiger partial charge in [0.1, 0.15) is 0 Å². The van der Waals surface area contributed by atoms with Gasteiger partial charge in [0.15, 0.2) is 0 Å². The minimum Gasteiger partial charge on any atom is -0.297 e. The van der Waals surface area contributed by atoms with Crippen LogP contribution in [0.3, 0.4) is 0 Å². The monoisotopic (exact) mass is 178 g/mol. The van der Waals surface area contributed by atoms with Gasteiger partial charge in [-0.05, 0) is 32.4 Å². The molecular weight excluding hydrogens is 160 g/mol. The van der Waals surface area contributed by atoms with Gasteiger partial charge in [0, 0.05) is 12.1 Å². The Bertz CT molecular complexity index is 197. The van der Waals surface area contributed by atoms with Crippen LogP contribution in [0.5, 0.6) is 0 Å². The van der Waals surface area contributed by atoms with E-state index in [0.29, 0.717) is 6.04 Å². The fraction of sp³-hybridized carbons (Fsp3) is 0.727. The number of nitrogens with zero attached hydrogens (tertiary/aromatic N) is 2. The van der Waals surface area contributed by atoms with E-state index in [9.17, 15) is 0 Å². The molecule has 2 heteroatoms. The molecule has 0 amide bonds. The minimum absolute atomic E-state index is 0.486. The number of hydrogen-bond acceptors (Lipinski definition) is 2. The van der Waals surface area contributed by atoms with E-state index in [4.69, 9.17) is 5.26 Å². The number of piperidine rings is 1. The zero-order valence-electron chi connectivity index (χ0n) is 8.37. The topological polar surface area (TPSA) is 27.0 Å². The van der Waals surface area contributed by atoms with Gasteiger partial charge < -0.3 is 0 Å². The molecule has 13 heavy (non-hydrogen) atoms. The molecule has 0 bridgehead atoms. The van der Waals surface area contributed by atoms with Crippen LogP contribution in [-0.4, -0.2) is 24.0 Å². The van der Waals surface area contributed by atoms with Crippen LogP contribution in [0, 0.1) is 11.3 Å². The molecule has 1 heterocycles. The lowest BCUT2D eigenvalue weighted by Gasteiger charge is -2.32. The molecule has 2 nitrogen and oxygen atoms in total. The van der Waals surface area contributed by atoms with Gasteiger partial charge in [-0.15, -0.1) is 0 Å². The molecule has 1 saturated heterocycles. The van der Waals surface area contributed by atoms with Crippen LogP contribution in [0.2, 0.25) is 0 Å². The Morgan fingerprint density at radius 3 is 2.62 bits per heavy atom. The summed E-state index contributed by atoms with van der Waals surface area (Å²) in [6, 6.07) is 2.55. The highest BCUT2D eigenvalue weighted by molar-refractivity contribution is 5.06. The summed E-state index contributed by atoms with van der Waals surface area (Å²) in [5.74, 6) is 0. The zero-order chi connectivity index (χ0) is 9.52. The van der Waals surface area contributed by atoms with Gasteiger partial charge in [-0.2, -0.15) is 5.26 Å². The highest BCUT2D eigenvalue weighted by atomic mass is 15.2. The summed E-state index contributed by atoms with van der Waals surface area (Å²) in [5, 5.41) is 8.45. The predicted molar refractivity (Wildman–Crippen MR) is 54.3 cm³/mol. The lowest BCUT2D eigenvalue weighted by molar-refractivity contribution is 0.187. The van der Waals surface area contributed by atoms with Crippen molar-refractivity contribution in [3.8, 4) is 6.07 Å². The van der Waals surface area contributed by atoms with E-state index in [1.54, 1.807) is 6.08 Å². The van der Waals surface area contributed by atoms with Crippen molar-refractivity contribution in [2.75, 3.05) is 13.1 Å². The van der Waals surface area contributed by atoms with E-state index in [0.717, 1.165) is 6.42 Å². The quantitative estimate of drug-likeness (QED) is 0.620. The minimum atomic E-state index is 0.486. The van der Waals surface area contributed by atoms with Gasteiger partial charge in [0.25, 0.3) is 0 Å². The maximum atomic E-state index is 8.45. The fourth-order valence-corrected chi connectivity index (χ4v) is 1.92. The van der Waals surface area contributed by atoms with E-state index in [1.165, 1.54) is 32.4 Å². The first-order valence-electron chi connectivity index (χ1n) is 5.18. The highest BCUT2D eigenvalue weighted by Gasteiger charge is 2.16. The molecule has 0 aromatic rings. The molecule has 1 aliphatic rings. The smallest absolute Gasteiger partial charge is 0.0909 e. The maximum Gasteiger partial charge on any atom is 0.0909 e. The van der Waals surface area contributed by atoms with Crippen molar-refractivity contribution >= 4 is 0 Å². The fourth-order valence-electron chi connectivity index (χ4n) is 1.92. The SMILES string of the molecule is CCC(C=CC#N)N1CCCCC1. The molecule has 72 valence electrons. The Morgan fingerprint density at radius 1 is 1.38 bits per heavy atom. The van der Waals surface area contributed by atoms with Crippen LogP contribution in [0.25, 0.3) is 0 Å². The molecule has 1 rings (SSSR count). The third-order valence-electron chi connectivity index (χ3n) is 2.67. The second kappa shape index (κ2) is 5.77. The molecule has 1 unspecified atom stereocenters. The largest absolute Gasteiger partial charge is 0.297 e. The molecule has 0 radical (unpaired) electrons. The Labute approximate surface area is 80.8 Å². The van der Waals surface area contributed by atoms with Crippen LogP contribution in [0.4, 0.5) is 0 Å². The Kier molecular flexibility index (Phi) is 4.56. The van der Waals surface area contributed by atoms with Crippen LogP contribution >= 0.6 is 0 Å². The molecule has 1 fully saturated rings. The van der Waals surface area contributed by atoms with Crippen molar-refractivity contribution < 1.29 is 0 Å². The van der Waals surface area contributed by atoms with Crippen LogP contribution in [-0.2, 0) is 0 Å². The molecule has 0 aromatic heterocycles. The van der Waals surface area contributed by atoms with E-state index < -0.39 is 0 Å². The average Bonchev–Trinajstić information content (AvgIpc) is 2.21.